The molecule has 0 unspecified atom stereocenters. The lowest BCUT2D eigenvalue weighted by Crippen LogP contribution is -2.54. The maximum atomic E-state index is 13.5. The van der Waals surface area contributed by atoms with Gasteiger partial charge in [-0.2, -0.15) is 0 Å². The van der Waals surface area contributed by atoms with Crippen LogP contribution < -0.4 is 29.7 Å². The maximum Gasteiger partial charge on any atom is 0.335 e. The number of nitrogens with zero attached hydrogens (tertiary/aromatic N) is 1. The first-order chi connectivity index (χ1) is 22.6. The third-order valence-electron chi connectivity index (χ3n) is 6.64. The number of rotatable bonds is 11. The van der Waals surface area contributed by atoms with E-state index < -0.39 is 23.8 Å². The number of hydrogen-bond donors (Lipinski definition) is 2. The molecular formula is C34H26Cl2IN3O7. The van der Waals surface area contributed by atoms with E-state index in [1.165, 1.54) is 12.1 Å². The summed E-state index contributed by atoms with van der Waals surface area (Å²) in [7, 11) is 0. The normalized spacial score (nSPS) is 13.7. The smallest absolute Gasteiger partial charge is 0.335 e. The van der Waals surface area contributed by atoms with E-state index in [2.05, 4.69) is 10.6 Å². The Morgan fingerprint density at radius 3 is 2.36 bits per heavy atom. The zero-order valence-corrected chi connectivity index (χ0v) is 28.4. The summed E-state index contributed by atoms with van der Waals surface area (Å²) in [5, 5.41) is 5.56. The molecule has 1 aliphatic heterocycles. The standard InChI is InChI=1S/C34H26Cl2IN3O7/c1-2-45-29-16-21(15-28(37)31(29)47-19-30(41)38-22-8-13-26(35)27(36)17-22)14-25-32(42)39-34(44)40(33(25)43)23-9-11-24(12-10-23)46-18-20-6-4-3-5-7-20/h3-17H,2,18-19H2,1H3,(H,38,41)(H,39,42,44)/b25-14-. The van der Waals surface area contributed by atoms with Gasteiger partial charge in [0.25, 0.3) is 17.7 Å². The average molecular weight is 786 g/mol. The molecule has 0 radical (unpaired) electrons. The Morgan fingerprint density at radius 2 is 1.66 bits per heavy atom. The molecule has 47 heavy (non-hydrogen) atoms. The van der Waals surface area contributed by atoms with Crippen molar-refractivity contribution in [3.63, 3.8) is 0 Å². The van der Waals surface area contributed by atoms with E-state index in [1.54, 1.807) is 55.5 Å². The van der Waals surface area contributed by atoms with Crippen LogP contribution in [0.4, 0.5) is 16.2 Å². The van der Waals surface area contributed by atoms with Crippen molar-refractivity contribution in [3.05, 3.63) is 115 Å². The molecule has 0 bridgehead atoms. The summed E-state index contributed by atoms with van der Waals surface area (Å²) in [6.07, 6.45) is 1.36. The van der Waals surface area contributed by atoms with Crippen molar-refractivity contribution in [2.75, 3.05) is 23.4 Å². The highest BCUT2D eigenvalue weighted by molar-refractivity contribution is 14.1. The average Bonchev–Trinajstić information content (AvgIpc) is 3.04. The minimum atomic E-state index is -0.873. The van der Waals surface area contributed by atoms with Crippen LogP contribution in [0.25, 0.3) is 6.08 Å². The van der Waals surface area contributed by atoms with E-state index in [0.29, 0.717) is 43.0 Å². The molecule has 1 heterocycles. The van der Waals surface area contributed by atoms with Crippen molar-refractivity contribution >= 4 is 87.0 Å². The topological polar surface area (TPSA) is 123 Å². The molecule has 0 spiro atoms. The van der Waals surface area contributed by atoms with Crippen molar-refractivity contribution in [3.8, 4) is 17.2 Å². The lowest BCUT2D eigenvalue weighted by Gasteiger charge is -2.26. The molecule has 13 heteroatoms. The number of anilines is 2. The number of nitrogens with one attached hydrogen (secondary N) is 2. The Balaban J connectivity index is 1.32. The molecule has 4 aromatic rings. The van der Waals surface area contributed by atoms with Crippen molar-refractivity contribution in [1.29, 1.82) is 0 Å². The number of hydrogen-bond acceptors (Lipinski definition) is 7. The summed E-state index contributed by atoms with van der Waals surface area (Å²) >= 11 is 14.0. The van der Waals surface area contributed by atoms with Crippen LogP contribution in [0.2, 0.25) is 10.0 Å². The molecule has 0 atom stereocenters. The van der Waals surface area contributed by atoms with E-state index in [4.69, 9.17) is 37.4 Å². The summed E-state index contributed by atoms with van der Waals surface area (Å²) in [6, 6.07) is 23.1. The highest BCUT2D eigenvalue weighted by Crippen LogP contribution is 2.36. The van der Waals surface area contributed by atoms with Crippen molar-refractivity contribution in [2.24, 2.45) is 0 Å². The SMILES string of the molecule is CCOc1cc(/C=C2/C(=O)NC(=O)N(c3ccc(OCc4ccccc4)cc3)C2=O)cc(I)c1OCC(=O)Nc1ccc(Cl)c(Cl)c1. The zero-order chi connectivity index (χ0) is 33.5. The summed E-state index contributed by atoms with van der Waals surface area (Å²) in [5.41, 5.74) is 1.86. The summed E-state index contributed by atoms with van der Waals surface area (Å²) in [5.74, 6) is -0.962. The number of carbonyl (C=O) groups excluding carboxylic acids is 4. The van der Waals surface area contributed by atoms with Gasteiger partial charge in [-0.1, -0.05) is 53.5 Å². The molecule has 0 aliphatic carbocycles. The molecule has 0 aromatic heterocycles. The van der Waals surface area contributed by atoms with Crippen molar-refractivity contribution in [2.45, 2.75) is 13.5 Å². The molecular weight excluding hydrogens is 760 g/mol. The van der Waals surface area contributed by atoms with Crippen LogP contribution in [0.5, 0.6) is 17.2 Å². The van der Waals surface area contributed by atoms with Crippen LogP contribution in [0.1, 0.15) is 18.1 Å². The van der Waals surface area contributed by atoms with Crippen molar-refractivity contribution in [1.82, 2.24) is 5.32 Å². The van der Waals surface area contributed by atoms with Crippen molar-refractivity contribution < 1.29 is 33.4 Å². The summed E-state index contributed by atoms with van der Waals surface area (Å²) in [6.45, 7) is 2.06. The van der Waals surface area contributed by atoms with E-state index in [1.807, 2.05) is 52.9 Å². The predicted molar refractivity (Wildman–Crippen MR) is 187 cm³/mol. The second-order valence-corrected chi connectivity index (χ2v) is 11.9. The van der Waals surface area contributed by atoms with Crippen LogP contribution in [0.15, 0.2) is 90.5 Å². The lowest BCUT2D eigenvalue weighted by atomic mass is 10.1. The number of ether oxygens (including phenoxy) is 3. The number of imide groups is 2. The van der Waals surface area contributed by atoms with E-state index in [-0.39, 0.29) is 30.2 Å². The molecule has 0 saturated carbocycles. The Labute approximate surface area is 293 Å². The number of carbonyl (C=O) groups is 4. The lowest BCUT2D eigenvalue weighted by molar-refractivity contribution is -0.122. The number of benzene rings is 4. The fourth-order valence-corrected chi connectivity index (χ4v) is 5.55. The van der Waals surface area contributed by atoms with E-state index >= 15 is 0 Å². The molecule has 5 rings (SSSR count). The van der Waals surface area contributed by atoms with Gasteiger partial charge in [0.2, 0.25) is 0 Å². The van der Waals surface area contributed by atoms with Crippen LogP contribution in [0.3, 0.4) is 0 Å². The Hall–Kier alpha value is -4.59. The third-order valence-corrected chi connectivity index (χ3v) is 8.18. The highest BCUT2D eigenvalue weighted by Gasteiger charge is 2.37. The van der Waals surface area contributed by atoms with Gasteiger partial charge in [-0.15, -0.1) is 0 Å². The summed E-state index contributed by atoms with van der Waals surface area (Å²) < 4.78 is 17.9. The first-order valence-corrected chi connectivity index (χ1v) is 16.0. The van der Waals surface area contributed by atoms with Gasteiger partial charge in [-0.3, -0.25) is 19.7 Å². The first-order valence-electron chi connectivity index (χ1n) is 14.1. The number of halogens is 3. The highest BCUT2D eigenvalue weighted by atomic mass is 127. The molecule has 4 aromatic carbocycles. The van der Waals surface area contributed by atoms with Crippen LogP contribution in [-0.4, -0.2) is 37.0 Å². The first kappa shape index (κ1) is 33.8. The quantitative estimate of drug-likeness (QED) is 0.0933. The molecule has 10 nitrogen and oxygen atoms in total. The number of urea groups is 1. The number of amides is 5. The van der Waals surface area contributed by atoms with Crippen LogP contribution in [0, 0.1) is 3.57 Å². The fraction of sp³-hybridized carbons (Fsp3) is 0.118. The van der Waals surface area contributed by atoms with Gasteiger partial charge in [0.05, 0.1) is 25.9 Å². The fourth-order valence-electron chi connectivity index (χ4n) is 4.47. The van der Waals surface area contributed by atoms with Gasteiger partial charge in [0.15, 0.2) is 18.1 Å². The molecule has 1 saturated heterocycles. The summed E-state index contributed by atoms with van der Waals surface area (Å²) in [4.78, 5) is 52.5. The predicted octanol–water partition coefficient (Wildman–Crippen LogP) is 7.26. The zero-order valence-electron chi connectivity index (χ0n) is 24.7. The monoisotopic (exact) mass is 785 g/mol. The molecule has 240 valence electrons. The maximum absolute atomic E-state index is 13.5. The Bertz CT molecular complexity index is 1870. The van der Waals surface area contributed by atoms with Crippen LogP contribution >= 0.6 is 45.8 Å². The van der Waals surface area contributed by atoms with E-state index in [9.17, 15) is 19.2 Å². The second kappa shape index (κ2) is 15.3. The Kier molecular flexibility index (Phi) is 11.0. The van der Waals surface area contributed by atoms with Gasteiger partial charge in [0, 0.05) is 5.69 Å². The number of barbiturate groups is 1. The molecule has 5 amide bonds. The third kappa shape index (κ3) is 8.42. The largest absolute Gasteiger partial charge is 0.490 e. The molecule has 1 aliphatic rings. The van der Waals surface area contributed by atoms with Gasteiger partial charge in [-0.25, -0.2) is 9.69 Å². The minimum Gasteiger partial charge on any atom is -0.490 e. The van der Waals surface area contributed by atoms with Gasteiger partial charge < -0.3 is 19.5 Å². The molecule has 2 N–H and O–H groups in total. The molecule has 1 fully saturated rings. The Morgan fingerprint density at radius 1 is 0.915 bits per heavy atom. The second-order valence-electron chi connectivity index (χ2n) is 9.95. The van der Waals surface area contributed by atoms with Crippen LogP contribution in [-0.2, 0) is 21.0 Å². The van der Waals surface area contributed by atoms with Gasteiger partial charge in [-0.05, 0) is 101 Å². The van der Waals surface area contributed by atoms with E-state index in [0.717, 1.165) is 10.5 Å². The van der Waals surface area contributed by atoms with Gasteiger partial charge in [0.1, 0.15) is 17.9 Å². The van der Waals surface area contributed by atoms with Gasteiger partial charge >= 0.3 is 6.03 Å². The minimum absolute atomic E-state index is 0.255.